The summed E-state index contributed by atoms with van der Waals surface area (Å²) in [5.74, 6) is 0. The molecule has 0 spiro atoms. The molecule has 69 heavy (non-hydrogen) atoms. The van der Waals surface area contributed by atoms with E-state index in [-0.39, 0.29) is 0 Å². The standard InChI is InChI=1S/C50H80N2.2C8H9.Ni/c1-4-7-10-12-14-15-16-17-18-19-20-21-22-23-24-25-26-27-29-31-32-44-35-39-46(40-36-44)49-43-48(34-9-6-3)50(52(49)51)47-41-37-45(38-42-47)33-30-28-13-11-8-5-2;2*1-2-8-6-4-3-5-7-8;/h35-43H,4-34H2,1-3H3;2*3-7H,1-2H2;. The van der Waals surface area contributed by atoms with Crippen molar-refractivity contribution in [2.24, 2.45) is 0 Å². The minimum absolute atomic E-state index is 0.905. The van der Waals surface area contributed by atoms with Gasteiger partial charge in [-0.05, 0) is 73.9 Å². The molecule has 0 aliphatic carbocycles. The molecular formula is C66H98N2Ni. The van der Waals surface area contributed by atoms with E-state index in [2.05, 4.69) is 136 Å². The Morgan fingerprint density at radius 1 is 0.333 bits per heavy atom. The molecule has 0 fully saturated rings. The summed E-state index contributed by atoms with van der Waals surface area (Å²) in [5, 5.41) is 2.48. The van der Waals surface area contributed by atoms with Crippen LogP contribution in [0.25, 0.3) is 16.9 Å². The van der Waals surface area contributed by atoms with Gasteiger partial charge in [0.15, 0.2) is 0 Å². The molecule has 0 saturated heterocycles. The predicted molar refractivity (Wildman–Crippen MR) is 300 cm³/mol. The van der Waals surface area contributed by atoms with Crippen molar-refractivity contribution in [1.82, 2.24) is 0 Å². The molecule has 4 aromatic carbocycles. The second-order valence-corrected chi connectivity index (χ2v) is 21.6. The van der Waals surface area contributed by atoms with Crippen molar-refractivity contribution >= 4 is 11.4 Å². The third-order valence-electron chi connectivity index (χ3n) is 14.1. The average molecular weight is 978 g/mol. The molecule has 0 aromatic heterocycles. The van der Waals surface area contributed by atoms with Crippen LogP contribution in [0.15, 0.2) is 121 Å². The number of benzene rings is 4. The summed E-state index contributed by atoms with van der Waals surface area (Å²) in [5.41, 5.74) is 22.5. The summed E-state index contributed by atoms with van der Waals surface area (Å²) in [4.78, 5) is 0. The summed E-state index contributed by atoms with van der Waals surface area (Å²) in [7, 11) is 0. The number of unbranched alkanes of at least 4 members (excludes halogenated alkanes) is 25. The van der Waals surface area contributed by atoms with Crippen molar-refractivity contribution in [3.63, 3.8) is 0 Å². The van der Waals surface area contributed by atoms with Crippen molar-refractivity contribution in [2.75, 3.05) is 0 Å². The van der Waals surface area contributed by atoms with Crippen molar-refractivity contribution in [3.8, 4) is 0 Å². The van der Waals surface area contributed by atoms with Crippen LogP contribution in [0.2, 0.25) is 10.8 Å². The van der Waals surface area contributed by atoms with E-state index < -0.39 is 0 Å². The Morgan fingerprint density at radius 2 is 0.667 bits per heavy atom. The fourth-order valence-corrected chi connectivity index (χ4v) is 10.8. The summed E-state index contributed by atoms with van der Waals surface area (Å²) < 4.78 is 1.46. The Balaban J connectivity index is 0.000000507. The van der Waals surface area contributed by atoms with Gasteiger partial charge in [0.05, 0.1) is 0 Å². The van der Waals surface area contributed by atoms with Crippen LogP contribution in [-0.4, -0.2) is 4.70 Å². The molecule has 2 nitrogen and oxygen atoms in total. The van der Waals surface area contributed by atoms with Gasteiger partial charge in [-0.25, -0.2) is 4.70 Å². The Hall–Kier alpha value is -3.55. The van der Waals surface area contributed by atoms with Crippen LogP contribution in [0.1, 0.15) is 240 Å². The average Bonchev–Trinajstić information content (AvgIpc) is 3.72. The zero-order valence-corrected chi connectivity index (χ0v) is 45.4. The molecular weight excluding hydrogens is 879 g/mol. The minimum atomic E-state index is 0.905. The SMILES string of the molecule is CCCCCCCCCCCCCCCCCCCCCCc1ccc(C2=CC(CCCC)=C(c3ccc(CCCCCCCC)cc3)[N+]2=[N-])cc1.c1ccc(C[CH2][Ni][CH2]Cc2ccccc2)cc1. The predicted octanol–water partition coefficient (Wildman–Crippen LogP) is 21.3. The van der Waals surface area contributed by atoms with Crippen LogP contribution in [0.4, 0.5) is 0 Å². The molecule has 0 saturated carbocycles. The first-order valence-corrected chi connectivity index (χ1v) is 30.2. The summed E-state index contributed by atoms with van der Waals surface area (Å²) in [6, 6.07) is 39.4. The zero-order valence-electron chi connectivity index (χ0n) is 44.4. The van der Waals surface area contributed by atoms with E-state index in [1.807, 2.05) is 14.4 Å². The molecule has 0 bridgehead atoms. The molecule has 5 rings (SSSR count). The molecule has 0 unspecified atom stereocenters. The van der Waals surface area contributed by atoms with E-state index in [4.69, 9.17) is 0 Å². The van der Waals surface area contributed by atoms with E-state index >= 15 is 0 Å². The quantitative estimate of drug-likeness (QED) is 0.0242. The Morgan fingerprint density at radius 3 is 1.04 bits per heavy atom. The van der Waals surface area contributed by atoms with Crippen molar-refractivity contribution in [1.29, 1.82) is 0 Å². The summed E-state index contributed by atoms with van der Waals surface area (Å²) in [6.07, 6.45) is 46.7. The number of hydrogen-bond donors (Lipinski definition) is 0. The van der Waals surface area contributed by atoms with Crippen LogP contribution < -0.4 is 0 Å². The molecule has 4 aromatic rings. The third-order valence-corrected chi connectivity index (χ3v) is 15.3. The van der Waals surface area contributed by atoms with E-state index in [0.717, 1.165) is 54.6 Å². The third kappa shape index (κ3) is 25.9. The number of nitrogens with zero attached hydrogens (tertiary/aromatic N) is 2. The first-order chi connectivity index (χ1) is 34.1. The Bertz CT molecular complexity index is 1870. The van der Waals surface area contributed by atoms with Gasteiger partial charge in [-0.15, -0.1) is 0 Å². The van der Waals surface area contributed by atoms with Gasteiger partial charge < -0.3 is 5.53 Å². The van der Waals surface area contributed by atoms with Crippen LogP contribution >= 0.6 is 0 Å². The number of aryl methyl sites for hydroxylation is 4. The number of allylic oxidation sites excluding steroid dienone is 2. The maximum absolute atomic E-state index is 11.5. The number of rotatable bonds is 39. The van der Waals surface area contributed by atoms with Gasteiger partial charge in [-0.2, -0.15) is 0 Å². The van der Waals surface area contributed by atoms with Crippen molar-refractivity contribution < 1.29 is 19.1 Å². The van der Waals surface area contributed by atoms with Gasteiger partial charge in [-0.1, -0.05) is 206 Å². The summed E-state index contributed by atoms with van der Waals surface area (Å²) >= 11 is 1.86. The van der Waals surface area contributed by atoms with Gasteiger partial charge in [0.25, 0.3) is 0 Å². The molecule has 0 radical (unpaired) electrons. The molecule has 0 amide bonds. The second-order valence-electron chi connectivity index (χ2n) is 20.1. The molecule has 382 valence electrons. The maximum atomic E-state index is 11.5. The van der Waals surface area contributed by atoms with Gasteiger partial charge in [0.2, 0.25) is 11.4 Å². The first kappa shape index (κ1) is 58.0. The second kappa shape index (κ2) is 39.1. The van der Waals surface area contributed by atoms with E-state index in [0.29, 0.717) is 0 Å². The fourth-order valence-electron chi connectivity index (χ4n) is 9.65. The zero-order chi connectivity index (χ0) is 48.7. The van der Waals surface area contributed by atoms with Gasteiger partial charge in [-0.3, -0.25) is 0 Å². The first-order valence-electron chi connectivity index (χ1n) is 28.8. The molecule has 0 atom stereocenters. The van der Waals surface area contributed by atoms with Crippen molar-refractivity contribution in [3.05, 3.63) is 160 Å². The van der Waals surface area contributed by atoms with Gasteiger partial charge in [0, 0.05) is 22.8 Å². The van der Waals surface area contributed by atoms with Crippen molar-refractivity contribution in [2.45, 2.75) is 243 Å². The van der Waals surface area contributed by atoms with E-state index in [1.54, 1.807) is 0 Å². The van der Waals surface area contributed by atoms with Gasteiger partial charge >= 0.3 is 110 Å². The molecule has 1 aliphatic heterocycles. The van der Waals surface area contributed by atoms with E-state index in [9.17, 15) is 5.53 Å². The molecule has 3 heteroatoms. The van der Waals surface area contributed by atoms with Crippen LogP contribution in [0.5, 0.6) is 0 Å². The van der Waals surface area contributed by atoms with Crippen LogP contribution in [0, 0.1) is 0 Å². The Labute approximate surface area is 431 Å². The normalized spacial score (nSPS) is 12.4. The molecule has 1 heterocycles. The summed E-state index contributed by atoms with van der Waals surface area (Å²) in [6.45, 7) is 6.83. The molecule has 0 N–H and O–H groups in total. The van der Waals surface area contributed by atoms with Gasteiger partial charge in [0.1, 0.15) is 0 Å². The van der Waals surface area contributed by atoms with Crippen LogP contribution in [0.3, 0.4) is 0 Å². The van der Waals surface area contributed by atoms with Crippen LogP contribution in [-0.2, 0) is 40.1 Å². The van der Waals surface area contributed by atoms with E-state index in [1.165, 1.54) is 223 Å². The molecule has 1 aliphatic rings. The number of hydrogen-bond acceptors (Lipinski definition) is 0. The topological polar surface area (TPSA) is 25.3 Å². The Kier molecular flexibility index (Phi) is 32.9. The monoisotopic (exact) mass is 977 g/mol. The fraction of sp³-hybridized carbons (Fsp3) is 0.576.